The molecule has 0 aromatic heterocycles. The van der Waals surface area contributed by atoms with Crippen molar-refractivity contribution in [3.63, 3.8) is 0 Å². The van der Waals surface area contributed by atoms with Gasteiger partial charge < -0.3 is 10.6 Å². The average molecular weight is 440 g/mol. The van der Waals surface area contributed by atoms with Crippen LogP contribution in [0.5, 0.6) is 0 Å². The summed E-state index contributed by atoms with van der Waals surface area (Å²) in [5.41, 5.74) is 0.839. The summed E-state index contributed by atoms with van der Waals surface area (Å²) in [6, 6.07) is 17.9. The Kier molecular flexibility index (Phi) is 8.55. The van der Waals surface area contributed by atoms with Crippen molar-refractivity contribution in [3.05, 3.63) is 54.6 Å². The first-order valence-corrected chi connectivity index (χ1v) is 11.9. The van der Waals surface area contributed by atoms with Crippen LogP contribution in [0.1, 0.15) is 33.6 Å². The largest absolute Gasteiger partial charge is 0.356 e. The Morgan fingerprint density at radius 3 is 2.48 bits per heavy atom. The molecular formula is C25H33N3O2S. The number of anilines is 1. The Balaban J connectivity index is 1.58. The van der Waals surface area contributed by atoms with Gasteiger partial charge in [-0.15, -0.1) is 0 Å². The molecule has 0 spiro atoms. The lowest BCUT2D eigenvalue weighted by Crippen LogP contribution is -2.49. The van der Waals surface area contributed by atoms with E-state index in [1.165, 1.54) is 0 Å². The Hall–Kier alpha value is -2.31. The molecule has 1 heterocycles. The molecule has 6 heteroatoms. The maximum Gasteiger partial charge on any atom is 0.241 e. The average Bonchev–Trinajstić information content (AvgIpc) is 2.79. The number of hydrogen-bond acceptors (Lipinski definition) is 4. The molecule has 2 amide bonds. The highest BCUT2D eigenvalue weighted by atomic mass is 32.2. The van der Waals surface area contributed by atoms with Gasteiger partial charge in [-0.25, -0.2) is 0 Å². The highest BCUT2D eigenvalue weighted by Gasteiger charge is 2.28. The van der Waals surface area contributed by atoms with Crippen LogP contribution in [0, 0.1) is 11.8 Å². The van der Waals surface area contributed by atoms with Crippen molar-refractivity contribution in [2.24, 2.45) is 11.8 Å². The number of piperidine rings is 1. The number of rotatable bonds is 8. The third kappa shape index (κ3) is 6.84. The van der Waals surface area contributed by atoms with E-state index in [0.29, 0.717) is 12.5 Å². The molecule has 2 aromatic rings. The summed E-state index contributed by atoms with van der Waals surface area (Å²) in [5.74, 6) is 0.481. The molecule has 2 aromatic carbocycles. The first kappa shape index (κ1) is 23.4. The smallest absolute Gasteiger partial charge is 0.241 e. The van der Waals surface area contributed by atoms with Gasteiger partial charge in [0.15, 0.2) is 0 Å². The Morgan fingerprint density at radius 1 is 1.03 bits per heavy atom. The van der Waals surface area contributed by atoms with Gasteiger partial charge in [0, 0.05) is 28.8 Å². The molecule has 1 aliphatic rings. The molecule has 0 aliphatic carbocycles. The van der Waals surface area contributed by atoms with Crippen molar-refractivity contribution >= 4 is 29.3 Å². The first-order valence-electron chi connectivity index (χ1n) is 11.1. The molecule has 1 fully saturated rings. The van der Waals surface area contributed by atoms with Crippen molar-refractivity contribution < 1.29 is 9.59 Å². The molecule has 5 nitrogen and oxygen atoms in total. The molecule has 0 saturated carbocycles. The molecule has 166 valence electrons. The standard InChI is InChI=1S/C25H33N3O2S/c1-18(2)24(29)26-16-20-10-9-15-28(17-20)19(3)25(30)27-22-13-7-8-14-23(22)31-21-11-5-4-6-12-21/h4-8,11-14,18-20H,9-10,15-17H2,1-3H3,(H,26,29)(H,27,30). The minimum atomic E-state index is -0.224. The highest BCUT2D eigenvalue weighted by Crippen LogP contribution is 2.33. The first-order chi connectivity index (χ1) is 14.9. The molecule has 31 heavy (non-hydrogen) atoms. The predicted molar refractivity (Wildman–Crippen MR) is 127 cm³/mol. The summed E-state index contributed by atoms with van der Waals surface area (Å²) < 4.78 is 0. The summed E-state index contributed by atoms with van der Waals surface area (Å²) >= 11 is 1.65. The number of para-hydroxylation sites is 1. The molecule has 2 N–H and O–H groups in total. The number of hydrogen-bond donors (Lipinski definition) is 2. The van der Waals surface area contributed by atoms with Gasteiger partial charge in [-0.05, 0) is 56.5 Å². The summed E-state index contributed by atoms with van der Waals surface area (Å²) in [6.07, 6.45) is 2.13. The monoisotopic (exact) mass is 439 g/mol. The zero-order valence-electron chi connectivity index (χ0n) is 18.6. The van der Waals surface area contributed by atoms with Gasteiger partial charge in [-0.2, -0.15) is 0 Å². The molecule has 3 rings (SSSR count). The zero-order valence-corrected chi connectivity index (χ0v) is 19.5. The van der Waals surface area contributed by atoms with Crippen LogP contribution in [0.2, 0.25) is 0 Å². The summed E-state index contributed by atoms with van der Waals surface area (Å²) in [6.45, 7) is 8.19. The molecule has 2 unspecified atom stereocenters. The zero-order chi connectivity index (χ0) is 22.2. The molecular weight excluding hydrogens is 406 g/mol. The predicted octanol–water partition coefficient (Wildman–Crippen LogP) is 4.65. The number of nitrogens with one attached hydrogen (secondary N) is 2. The maximum atomic E-state index is 13.0. The number of nitrogens with zero attached hydrogens (tertiary/aromatic N) is 1. The fourth-order valence-corrected chi connectivity index (χ4v) is 4.66. The second-order valence-corrected chi connectivity index (χ2v) is 9.59. The second kappa shape index (κ2) is 11.3. The van der Waals surface area contributed by atoms with Crippen LogP contribution in [-0.4, -0.2) is 42.4 Å². The minimum absolute atomic E-state index is 0.00165. The van der Waals surface area contributed by atoms with Gasteiger partial charge in [0.25, 0.3) is 0 Å². The van der Waals surface area contributed by atoms with E-state index in [0.717, 1.165) is 41.4 Å². The van der Waals surface area contributed by atoms with Crippen LogP contribution >= 0.6 is 11.8 Å². The Labute approximate surface area is 190 Å². The normalized spacial score (nSPS) is 17.9. The van der Waals surface area contributed by atoms with E-state index >= 15 is 0 Å². The lowest BCUT2D eigenvalue weighted by molar-refractivity contribution is -0.125. The van der Waals surface area contributed by atoms with E-state index < -0.39 is 0 Å². The number of amides is 2. The Bertz CT molecular complexity index is 872. The van der Waals surface area contributed by atoms with E-state index in [1.807, 2.05) is 63.2 Å². The van der Waals surface area contributed by atoms with Crippen LogP contribution in [0.25, 0.3) is 0 Å². The summed E-state index contributed by atoms with van der Waals surface area (Å²) in [7, 11) is 0. The van der Waals surface area contributed by atoms with Crippen molar-refractivity contribution in [3.8, 4) is 0 Å². The van der Waals surface area contributed by atoms with Crippen LogP contribution in [0.15, 0.2) is 64.4 Å². The second-order valence-electron chi connectivity index (χ2n) is 8.48. The number of likely N-dealkylation sites (tertiary alicyclic amines) is 1. The quantitative estimate of drug-likeness (QED) is 0.629. The van der Waals surface area contributed by atoms with Gasteiger partial charge in [0.05, 0.1) is 11.7 Å². The van der Waals surface area contributed by atoms with Crippen molar-refractivity contribution in [2.75, 3.05) is 25.0 Å². The van der Waals surface area contributed by atoms with E-state index in [2.05, 4.69) is 27.7 Å². The number of benzene rings is 2. The van der Waals surface area contributed by atoms with Gasteiger partial charge in [0.2, 0.25) is 11.8 Å². The van der Waals surface area contributed by atoms with Crippen LogP contribution in [-0.2, 0) is 9.59 Å². The van der Waals surface area contributed by atoms with E-state index in [9.17, 15) is 9.59 Å². The molecule has 1 aliphatic heterocycles. The van der Waals surface area contributed by atoms with Crippen molar-refractivity contribution in [2.45, 2.75) is 49.4 Å². The van der Waals surface area contributed by atoms with Crippen molar-refractivity contribution in [1.82, 2.24) is 10.2 Å². The maximum absolute atomic E-state index is 13.0. The fraction of sp³-hybridized carbons (Fsp3) is 0.440. The topological polar surface area (TPSA) is 61.4 Å². The molecule has 1 saturated heterocycles. The third-order valence-electron chi connectivity index (χ3n) is 5.68. The lowest BCUT2D eigenvalue weighted by atomic mass is 9.96. The summed E-state index contributed by atoms with van der Waals surface area (Å²) in [4.78, 5) is 29.3. The molecule has 2 atom stereocenters. The molecule has 0 bridgehead atoms. The van der Waals surface area contributed by atoms with Gasteiger partial charge in [-0.1, -0.05) is 55.9 Å². The van der Waals surface area contributed by atoms with Crippen LogP contribution in [0.4, 0.5) is 5.69 Å². The minimum Gasteiger partial charge on any atom is -0.356 e. The van der Waals surface area contributed by atoms with E-state index in [-0.39, 0.29) is 23.8 Å². The van der Waals surface area contributed by atoms with Gasteiger partial charge >= 0.3 is 0 Å². The number of carbonyl (C=O) groups excluding carboxylic acids is 2. The SMILES string of the molecule is CC(C)C(=O)NCC1CCCN(C(C)C(=O)Nc2ccccc2Sc2ccccc2)C1. The van der Waals surface area contributed by atoms with Crippen molar-refractivity contribution in [1.29, 1.82) is 0 Å². The van der Waals surface area contributed by atoms with Gasteiger partial charge in [-0.3, -0.25) is 14.5 Å². The lowest BCUT2D eigenvalue weighted by Gasteiger charge is -2.36. The van der Waals surface area contributed by atoms with E-state index in [4.69, 9.17) is 0 Å². The third-order valence-corrected chi connectivity index (χ3v) is 6.77. The van der Waals surface area contributed by atoms with E-state index in [1.54, 1.807) is 11.8 Å². The number of carbonyl (C=O) groups is 2. The van der Waals surface area contributed by atoms with Gasteiger partial charge in [0.1, 0.15) is 0 Å². The van der Waals surface area contributed by atoms with Crippen LogP contribution < -0.4 is 10.6 Å². The highest BCUT2D eigenvalue weighted by molar-refractivity contribution is 7.99. The molecule has 0 radical (unpaired) electrons. The fourth-order valence-electron chi connectivity index (χ4n) is 3.74. The summed E-state index contributed by atoms with van der Waals surface area (Å²) in [5, 5.41) is 6.18. The Morgan fingerprint density at radius 2 is 1.74 bits per heavy atom. The van der Waals surface area contributed by atoms with Crippen LogP contribution in [0.3, 0.4) is 0 Å².